The minimum Gasteiger partial charge on any atom is -0.508 e. The molecule has 0 saturated carbocycles. The summed E-state index contributed by atoms with van der Waals surface area (Å²) in [7, 11) is -0.315. The van der Waals surface area contributed by atoms with E-state index in [-0.39, 0.29) is 16.6 Å². The average molecular weight is 591 g/mol. The van der Waals surface area contributed by atoms with Crippen LogP contribution in [0.3, 0.4) is 0 Å². The molecule has 6 nitrogen and oxygen atoms in total. The molecule has 0 amide bonds. The van der Waals surface area contributed by atoms with Crippen LogP contribution in [0.25, 0.3) is 22.3 Å². The summed E-state index contributed by atoms with van der Waals surface area (Å²) < 4.78 is 38.9. The van der Waals surface area contributed by atoms with E-state index in [1.165, 1.54) is 0 Å². The summed E-state index contributed by atoms with van der Waals surface area (Å²) in [5.41, 5.74) is 5.65. The molecule has 0 aliphatic heterocycles. The number of phenols is 1. The molecule has 1 N–H and O–H groups in total. The second kappa shape index (κ2) is 12.9. The van der Waals surface area contributed by atoms with Crippen LogP contribution >= 0.6 is 0 Å². The molecular weight excluding hydrogens is 548 g/mol. The largest absolute Gasteiger partial charge is 0.508 e. The van der Waals surface area contributed by atoms with Crippen LogP contribution < -0.4 is 13.7 Å². The molecule has 4 aromatic carbocycles. The van der Waals surface area contributed by atoms with Gasteiger partial charge in [-0.25, -0.2) is 0 Å². The third-order valence-electron chi connectivity index (χ3n) is 6.64. The summed E-state index contributed by atoms with van der Waals surface area (Å²) in [5.74, 6) is 2.13. The zero-order valence-electron chi connectivity index (χ0n) is 26.0. The van der Waals surface area contributed by atoms with Crippen LogP contribution in [-0.4, -0.2) is 34.0 Å². The summed E-state index contributed by atoms with van der Waals surface area (Å²) >= 11 is 0. The van der Waals surface area contributed by atoms with Crippen molar-refractivity contribution < 1.29 is 27.2 Å². The number of hydrogen-bond donors (Lipinski definition) is 1. The van der Waals surface area contributed by atoms with E-state index in [2.05, 4.69) is 47.6 Å². The van der Waals surface area contributed by atoms with E-state index < -0.39 is 10.1 Å². The lowest BCUT2D eigenvalue weighted by atomic mass is 9.85. The molecule has 0 heterocycles. The first-order valence-electron chi connectivity index (χ1n) is 13.7. The highest BCUT2D eigenvalue weighted by atomic mass is 32.2. The zero-order valence-corrected chi connectivity index (χ0v) is 26.8. The van der Waals surface area contributed by atoms with E-state index in [0.29, 0.717) is 5.75 Å². The predicted molar refractivity (Wildman–Crippen MR) is 171 cm³/mol. The van der Waals surface area contributed by atoms with Crippen molar-refractivity contribution in [2.75, 3.05) is 20.5 Å². The van der Waals surface area contributed by atoms with Gasteiger partial charge in [0, 0.05) is 11.1 Å². The lowest BCUT2D eigenvalue weighted by molar-refractivity contribution is 0.416. The fourth-order valence-electron chi connectivity index (χ4n) is 4.38. The van der Waals surface area contributed by atoms with Crippen molar-refractivity contribution in [3.05, 3.63) is 96.1 Å². The monoisotopic (exact) mass is 590 g/mol. The summed E-state index contributed by atoms with van der Waals surface area (Å²) in [6, 6.07) is 26.7. The Bertz CT molecular complexity index is 1630. The van der Waals surface area contributed by atoms with Gasteiger partial charge in [-0.1, -0.05) is 90.1 Å². The Balaban J connectivity index is 0.000000235. The lowest BCUT2D eigenvalue weighted by Gasteiger charge is -2.21. The van der Waals surface area contributed by atoms with Crippen molar-refractivity contribution in [1.82, 2.24) is 0 Å². The number of aromatic hydroxyl groups is 1. The quantitative estimate of drug-likeness (QED) is 0.227. The van der Waals surface area contributed by atoms with E-state index in [1.807, 2.05) is 60.7 Å². The SMILES string of the molecule is COc1ccccc1-c1cc(O)cc(C(C)(C)C)c1.COc1ccccc1-c1cc(OS(C)(=O)=O)cc(C(C)(C)C)c1. The highest BCUT2D eigenvalue weighted by Gasteiger charge is 2.19. The molecule has 0 saturated heterocycles. The number of methoxy groups -OCH3 is 2. The predicted octanol–water partition coefficient (Wildman–Crippen LogP) is 8.36. The molecule has 0 fully saturated rings. The second-order valence-corrected chi connectivity index (χ2v) is 13.8. The van der Waals surface area contributed by atoms with Gasteiger partial charge in [0.15, 0.2) is 0 Å². The van der Waals surface area contributed by atoms with Crippen LogP contribution in [0, 0.1) is 0 Å². The van der Waals surface area contributed by atoms with Gasteiger partial charge < -0.3 is 18.8 Å². The molecule has 0 bridgehead atoms. The van der Waals surface area contributed by atoms with Gasteiger partial charge in [-0.15, -0.1) is 0 Å². The maximum atomic E-state index is 11.5. The maximum absolute atomic E-state index is 11.5. The molecule has 42 heavy (non-hydrogen) atoms. The van der Waals surface area contributed by atoms with E-state index >= 15 is 0 Å². The first kappa shape index (κ1) is 32.5. The molecule has 224 valence electrons. The van der Waals surface area contributed by atoms with Gasteiger partial charge in [-0.2, -0.15) is 8.42 Å². The standard InChI is InChI=1S/C18H22O4S.C17H20O2/c1-18(2,3)14-10-13(11-15(12-14)22-23(5,19)20)16-8-6-7-9-17(16)21-4;1-17(2,3)13-9-12(10-14(18)11-13)15-7-5-6-8-16(15)19-4/h6-12H,1-5H3;5-11,18H,1-4H3. The molecule has 0 atom stereocenters. The minimum absolute atomic E-state index is 0.00446. The molecule has 0 aromatic heterocycles. The van der Waals surface area contributed by atoms with Gasteiger partial charge in [-0.3, -0.25) is 0 Å². The summed E-state index contributed by atoms with van der Waals surface area (Å²) in [5, 5.41) is 9.94. The van der Waals surface area contributed by atoms with Crippen LogP contribution in [0.1, 0.15) is 52.7 Å². The van der Waals surface area contributed by atoms with Crippen molar-refractivity contribution >= 4 is 10.1 Å². The first-order chi connectivity index (χ1) is 19.5. The Kier molecular flexibility index (Phi) is 10.0. The van der Waals surface area contributed by atoms with Crippen LogP contribution in [0.4, 0.5) is 0 Å². The number of ether oxygens (including phenoxy) is 2. The molecule has 0 aliphatic rings. The van der Waals surface area contributed by atoms with Gasteiger partial charge in [0.1, 0.15) is 23.0 Å². The molecule has 0 radical (unpaired) electrons. The van der Waals surface area contributed by atoms with Crippen molar-refractivity contribution in [2.45, 2.75) is 52.4 Å². The molecule has 0 aliphatic carbocycles. The van der Waals surface area contributed by atoms with Gasteiger partial charge in [-0.05, 0) is 69.5 Å². The third kappa shape index (κ3) is 8.76. The highest BCUT2D eigenvalue weighted by molar-refractivity contribution is 7.86. The smallest absolute Gasteiger partial charge is 0.306 e. The van der Waals surface area contributed by atoms with Crippen LogP contribution in [0.5, 0.6) is 23.0 Å². The van der Waals surface area contributed by atoms with Crippen LogP contribution in [0.2, 0.25) is 0 Å². The van der Waals surface area contributed by atoms with Crippen molar-refractivity contribution in [3.8, 4) is 45.3 Å². The normalized spacial score (nSPS) is 11.7. The Morgan fingerprint density at radius 3 is 1.48 bits per heavy atom. The van der Waals surface area contributed by atoms with Crippen molar-refractivity contribution in [3.63, 3.8) is 0 Å². The van der Waals surface area contributed by atoms with Crippen molar-refractivity contribution in [2.24, 2.45) is 0 Å². The topological polar surface area (TPSA) is 82.1 Å². The van der Waals surface area contributed by atoms with Gasteiger partial charge in [0.2, 0.25) is 0 Å². The zero-order chi connectivity index (χ0) is 31.3. The number of phenolic OH excluding ortho intramolecular Hbond substituents is 1. The Labute approximate surface area is 251 Å². The molecule has 0 unspecified atom stereocenters. The van der Waals surface area contributed by atoms with Gasteiger partial charge in [0.05, 0.1) is 20.5 Å². The molecule has 0 spiro atoms. The summed E-state index contributed by atoms with van der Waals surface area (Å²) in [6.45, 7) is 12.6. The molecule has 4 rings (SSSR count). The summed E-state index contributed by atoms with van der Waals surface area (Å²) in [4.78, 5) is 0. The fourth-order valence-corrected chi connectivity index (χ4v) is 4.82. The lowest BCUT2D eigenvalue weighted by Crippen LogP contribution is -2.12. The molecular formula is C35H42O6S. The van der Waals surface area contributed by atoms with Crippen LogP contribution in [-0.2, 0) is 20.9 Å². The first-order valence-corrected chi connectivity index (χ1v) is 15.5. The Morgan fingerprint density at radius 1 is 0.619 bits per heavy atom. The number of para-hydroxylation sites is 2. The number of hydrogen-bond acceptors (Lipinski definition) is 6. The highest BCUT2D eigenvalue weighted by Crippen LogP contribution is 2.37. The average Bonchev–Trinajstić information content (AvgIpc) is 2.91. The molecule has 4 aromatic rings. The van der Waals surface area contributed by atoms with Crippen molar-refractivity contribution in [1.29, 1.82) is 0 Å². The Morgan fingerprint density at radius 2 is 1.05 bits per heavy atom. The minimum atomic E-state index is -3.59. The number of rotatable bonds is 6. The Hall–Kier alpha value is -3.97. The number of benzene rings is 4. The van der Waals surface area contributed by atoms with Gasteiger partial charge in [0.25, 0.3) is 0 Å². The van der Waals surface area contributed by atoms with E-state index in [1.54, 1.807) is 32.4 Å². The fraction of sp³-hybridized carbons (Fsp3) is 0.314. The second-order valence-electron chi connectivity index (χ2n) is 12.2. The maximum Gasteiger partial charge on any atom is 0.306 e. The van der Waals surface area contributed by atoms with Crippen LogP contribution in [0.15, 0.2) is 84.9 Å². The summed E-state index contributed by atoms with van der Waals surface area (Å²) in [6.07, 6.45) is 1.04. The van der Waals surface area contributed by atoms with Gasteiger partial charge >= 0.3 is 10.1 Å². The van der Waals surface area contributed by atoms with E-state index in [0.717, 1.165) is 51.1 Å². The van der Waals surface area contributed by atoms with E-state index in [9.17, 15) is 13.5 Å². The third-order valence-corrected chi connectivity index (χ3v) is 7.14. The molecule has 7 heteroatoms. The van der Waals surface area contributed by atoms with E-state index in [4.69, 9.17) is 13.7 Å².